The van der Waals surface area contributed by atoms with Gasteiger partial charge in [-0.3, -0.25) is 19.6 Å². The number of carbonyl (C=O) groups is 3. The molecule has 1 saturated heterocycles. The SMILES string of the molecule is CC(C)c1ncccc1-c1[nH]c2ccc3cc2c1CC(C)(C)COC(=O)[C@@H]1CCCN(N1)C(=O)[C@@H](NC(=O)OC(C)(C)C)Cc1cccc-3c1. The number of hydrogen-bond acceptors (Lipinski definition) is 7. The normalized spacial score (nSPS) is 20.0. The molecule has 264 valence electrons. The number of pyridine rings is 1. The second kappa shape index (κ2) is 13.9. The molecule has 2 aromatic carbocycles. The Hall–Kier alpha value is -4.70. The zero-order chi connectivity index (χ0) is 35.8. The second-order valence-corrected chi connectivity index (χ2v) is 15.7. The fraction of sp³-hybridized carbons (Fsp3) is 0.450. The molecule has 0 spiro atoms. The number of ether oxygens (including phenoxy) is 2. The van der Waals surface area contributed by atoms with Gasteiger partial charge < -0.3 is 19.8 Å². The number of hydrogen-bond donors (Lipinski definition) is 3. The lowest BCUT2D eigenvalue weighted by Gasteiger charge is -2.35. The Balaban J connectivity index is 1.47. The van der Waals surface area contributed by atoms with Crippen LogP contribution in [0.2, 0.25) is 0 Å². The molecule has 10 heteroatoms. The van der Waals surface area contributed by atoms with Crippen molar-refractivity contribution in [2.75, 3.05) is 13.2 Å². The smallest absolute Gasteiger partial charge is 0.408 e. The minimum absolute atomic E-state index is 0.193. The number of cyclic esters (lactones) is 1. The molecule has 0 radical (unpaired) electrons. The molecule has 3 N–H and O–H groups in total. The van der Waals surface area contributed by atoms with E-state index in [1.165, 1.54) is 5.01 Å². The molecule has 6 bridgehead atoms. The van der Waals surface area contributed by atoms with Gasteiger partial charge in [-0.05, 0) is 92.5 Å². The lowest BCUT2D eigenvalue weighted by atomic mass is 9.84. The molecule has 4 aromatic rings. The first-order valence-electron chi connectivity index (χ1n) is 17.6. The molecule has 2 aliphatic rings. The van der Waals surface area contributed by atoms with E-state index in [0.29, 0.717) is 25.8 Å². The van der Waals surface area contributed by atoms with Crippen LogP contribution in [-0.4, -0.2) is 63.8 Å². The molecule has 50 heavy (non-hydrogen) atoms. The molecule has 4 heterocycles. The number of aromatic amines is 1. The van der Waals surface area contributed by atoms with Gasteiger partial charge in [-0.25, -0.2) is 10.2 Å². The van der Waals surface area contributed by atoms with Crippen LogP contribution < -0.4 is 10.7 Å². The number of H-pyrrole nitrogens is 1. The number of rotatable bonds is 3. The summed E-state index contributed by atoms with van der Waals surface area (Å²) in [7, 11) is 0. The van der Waals surface area contributed by atoms with E-state index in [2.05, 4.69) is 79.8 Å². The van der Waals surface area contributed by atoms with Crippen LogP contribution in [0.4, 0.5) is 4.79 Å². The Labute approximate surface area is 294 Å². The zero-order valence-corrected chi connectivity index (χ0v) is 30.2. The molecule has 0 unspecified atom stereocenters. The van der Waals surface area contributed by atoms with Gasteiger partial charge in [0.15, 0.2) is 0 Å². The highest BCUT2D eigenvalue weighted by molar-refractivity contribution is 5.94. The third-order valence-electron chi connectivity index (χ3n) is 9.25. The molecule has 2 aliphatic heterocycles. The van der Waals surface area contributed by atoms with Gasteiger partial charge in [0.2, 0.25) is 0 Å². The number of alkyl carbamates (subject to hydrolysis) is 1. The third-order valence-corrected chi connectivity index (χ3v) is 9.25. The van der Waals surface area contributed by atoms with Crippen LogP contribution in [0.25, 0.3) is 33.3 Å². The fourth-order valence-corrected chi connectivity index (χ4v) is 6.89. The van der Waals surface area contributed by atoms with Crippen LogP contribution in [0.15, 0.2) is 60.8 Å². The average molecular weight is 680 g/mol. The quantitative estimate of drug-likeness (QED) is 0.198. The molecule has 1 fully saturated rings. The van der Waals surface area contributed by atoms with Crippen LogP contribution in [0.3, 0.4) is 0 Å². The van der Waals surface area contributed by atoms with Crippen LogP contribution >= 0.6 is 0 Å². The fourth-order valence-electron chi connectivity index (χ4n) is 6.89. The van der Waals surface area contributed by atoms with Crippen molar-refractivity contribution in [3.63, 3.8) is 0 Å². The van der Waals surface area contributed by atoms with E-state index in [1.807, 2.05) is 24.4 Å². The van der Waals surface area contributed by atoms with Crippen LogP contribution in [-0.2, 0) is 31.9 Å². The lowest BCUT2D eigenvalue weighted by Crippen LogP contribution is -2.60. The van der Waals surface area contributed by atoms with Gasteiger partial charge in [0, 0.05) is 41.0 Å². The molecular weight excluding hydrogens is 630 g/mol. The number of amides is 2. The van der Waals surface area contributed by atoms with Gasteiger partial charge in [-0.2, -0.15) is 0 Å². The van der Waals surface area contributed by atoms with E-state index >= 15 is 0 Å². The molecule has 0 aliphatic carbocycles. The average Bonchev–Trinajstić information content (AvgIpc) is 3.42. The molecular formula is C40H49N5O5. The molecule has 0 saturated carbocycles. The molecule has 2 amide bonds. The highest BCUT2D eigenvalue weighted by atomic mass is 16.6. The minimum atomic E-state index is -0.934. The summed E-state index contributed by atoms with van der Waals surface area (Å²) >= 11 is 0. The molecule has 10 nitrogen and oxygen atoms in total. The van der Waals surface area contributed by atoms with Crippen molar-refractivity contribution in [1.29, 1.82) is 0 Å². The van der Waals surface area contributed by atoms with Crippen LogP contribution in [0.1, 0.15) is 84.0 Å². The maximum atomic E-state index is 14.0. The van der Waals surface area contributed by atoms with Crippen molar-refractivity contribution < 1.29 is 23.9 Å². The first-order chi connectivity index (χ1) is 23.7. The summed E-state index contributed by atoms with van der Waals surface area (Å²) in [5.74, 6) is -0.529. The Morgan fingerprint density at radius 3 is 2.62 bits per heavy atom. The summed E-state index contributed by atoms with van der Waals surface area (Å²) < 4.78 is 11.5. The third kappa shape index (κ3) is 7.86. The van der Waals surface area contributed by atoms with Crippen molar-refractivity contribution in [3.8, 4) is 22.4 Å². The summed E-state index contributed by atoms with van der Waals surface area (Å²) in [4.78, 5) is 49.0. The van der Waals surface area contributed by atoms with E-state index in [1.54, 1.807) is 20.8 Å². The Kier molecular flexibility index (Phi) is 9.77. The molecule has 2 atom stereocenters. The lowest BCUT2D eigenvalue weighted by molar-refractivity contribution is -0.155. The van der Waals surface area contributed by atoms with Gasteiger partial charge in [-0.1, -0.05) is 58.0 Å². The van der Waals surface area contributed by atoms with Crippen LogP contribution in [0.5, 0.6) is 0 Å². The second-order valence-electron chi connectivity index (χ2n) is 15.7. The number of carbonyl (C=O) groups excluding carboxylic acids is 3. The Bertz CT molecular complexity index is 1910. The first-order valence-corrected chi connectivity index (χ1v) is 17.6. The number of nitrogens with zero attached hydrogens (tertiary/aromatic N) is 2. The van der Waals surface area contributed by atoms with E-state index < -0.39 is 35.2 Å². The van der Waals surface area contributed by atoms with Crippen molar-refractivity contribution in [2.45, 2.75) is 97.8 Å². The summed E-state index contributed by atoms with van der Waals surface area (Å²) in [6.45, 7) is 14.4. The highest BCUT2D eigenvalue weighted by Crippen LogP contribution is 2.39. The van der Waals surface area contributed by atoms with Crippen molar-refractivity contribution in [3.05, 3.63) is 77.6 Å². The Morgan fingerprint density at radius 2 is 1.86 bits per heavy atom. The maximum Gasteiger partial charge on any atom is 0.408 e. The number of benzene rings is 2. The van der Waals surface area contributed by atoms with Gasteiger partial charge >= 0.3 is 12.1 Å². The first kappa shape index (κ1) is 35.1. The number of hydrazine groups is 1. The minimum Gasteiger partial charge on any atom is -0.464 e. The van der Waals surface area contributed by atoms with Crippen molar-refractivity contribution >= 4 is 28.9 Å². The monoisotopic (exact) mass is 679 g/mol. The maximum absolute atomic E-state index is 14.0. The van der Waals surface area contributed by atoms with Crippen molar-refractivity contribution in [1.82, 2.24) is 25.7 Å². The van der Waals surface area contributed by atoms with Crippen LogP contribution in [0, 0.1) is 5.41 Å². The number of fused-ring (bicyclic) bond motifs is 6. The van der Waals surface area contributed by atoms with E-state index in [4.69, 9.17) is 14.5 Å². The summed E-state index contributed by atoms with van der Waals surface area (Å²) in [6, 6.07) is 17.0. The number of esters is 1. The van der Waals surface area contributed by atoms with E-state index in [9.17, 15) is 14.4 Å². The van der Waals surface area contributed by atoms with Gasteiger partial charge in [0.05, 0.1) is 18.0 Å². The standard InChI is InChI=1S/C40H49N5O5/c1-24(2)34-28(13-9-17-41-34)35-30-22-40(6,7)23-49-37(47)32-14-10-18-45(44-32)36(46)33(43-38(48)50-39(3,4)5)20-25-11-8-12-26(19-25)27-15-16-31(42-35)29(30)21-27/h8-9,11-13,15-17,19,21,24,32-33,42,44H,10,14,18,20,22-23H2,1-7H3,(H,43,48)/t32-,33-/m0/s1. The topological polar surface area (TPSA) is 126 Å². The highest BCUT2D eigenvalue weighted by Gasteiger charge is 2.35. The number of aromatic nitrogens is 2. The predicted molar refractivity (Wildman–Crippen MR) is 194 cm³/mol. The largest absolute Gasteiger partial charge is 0.464 e. The molecule has 6 rings (SSSR count). The predicted octanol–water partition coefficient (Wildman–Crippen LogP) is 7.08. The van der Waals surface area contributed by atoms with E-state index in [0.717, 1.165) is 50.1 Å². The summed E-state index contributed by atoms with van der Waals surface area (Å²) in [5, 5.41) is 5.35. The zero-order valence-electron chi connectivity index (χ0n) is 30.2. The molecule has 2 aromatic heterocycles. The van der Waals surface area contributed by atoms with Gasteiger partial charge in [0.25, 0.3) is 5.91 Å². The van der Waals surface area contributed by atoms with E-state index in [-0.39, 0.29) is 24.9 Å². The number of nitrogens with one attached hydrogen (secondary N) is 3. The van der Waals surface area contributed by atoms with Gasteiger partial charge in [-0.15, -0.1) is 0 Å². The Morgan fingerprint density at radius 1 is 1.08 bits per heavy atom. The summed E-state index contributed by atoms with van der Waals surface area (Å²) in [5.41, 5.74) is 10.1. The summed E-state index contributed by atoms with van der Waals surface area (Å²) in [6.07, 6.45) is 3.18. The van der Waals surface area contributed by atoms with Gasteiger partial charge in [0.1, 0.15) is 17.7 Å². The van der Waals surface area contributed by atoms with Crippen molar-refractivity contribution in [2.24, 2.45) is 5.41 Å².